The summed E-state index contributed by atoms with van der Waals surface area (Å²) in [6, 6.07) is 8.81. The van der Waals surface area contributed by atoms with Gasteiger partial charge in [-0.1, -0.05) is 11.8 Å². The normalized spacial score (nSPS) is 23.8. The standard InChI is InChI=1S/C18H20N4O2S2/c1-10(23)20-11-2-5-13(6-3-11)25-16-9-19-18(26-16)17(24)22-15-8-12-4-7-14(15)21-12/h2-3,5-6,9,12,14-15,21H,4,7-8H2,1H3,(H,20,23)(H,22,24). The molecule has 1 aromatic carbocycles. The zero-order valence-corrected chi connectivity index (χ0v) is 16.0. The smallest absolute Gasteiger partial charge is 0.280 e. The van der Waals surface area contributed by atoms with Gasteiger partial charge in [0.15, 0.2) is 5.01 Å². The molecule has 3 unspecified atom stereocenters. The van der Waals surface area contributed by atoms with Crippen LogP contribution in [0.2, 0.25) is 0 Å². The van der Waals surface area contributed by atoms with Gasteiger partial charge >= 0.3 is 0 Å². The van der Waals surface area contributed by atoms with E-state index in [0.29, 0.717) is 17.1 Å². The van der Waals surface area contributed by atoms with Crippen LogP contribution in [0.15, 0.2) is 39.6 Å². The number of carbonyl (C=O) groups is 2. The molecule has 6 nitrogen and oxygen atoms in total. The van der Waals surface area contributed by atoms with E-state index < -0.39 is 0 Å². The van der Waals surface area contributed by atoms with Crippen LogP contribution in [0.4, 0.5) is 5.69 Å². The second kappa shape index (κ2) is 7.38. The Hall–Kier alpha value is -1.90. The first-order valence-corrected chi connectivity index (χ1v) is 10.3. The molecule has 1 aromatic heterocycles. The maximum absolute atomic E-state index is 12.4. The van der Waals surface area contributed by atoms with Crippen LogP contribution in [0.5, 0.6) is 0 Å². The molecule has 8 heteroatoms. The van der Waals surface area contributed by atoms with E-state index in [0.717, 1.165) is 27.6 Å². The average molecular weight is 389 g/mol. The van der Waals surface area contributed by atoms with Crippen LogP contribution in [-0.2, 0) is 4.79 Å². The number of fused-ring (bicyclic) bond motifs is 2. The molecule has 0 aliphatic carbocycles. The van der Waals surface area contributed by atoms with E-state index in [4.69, 9.17) is 0 Å². The predicted molar refractivity (Wildman–Crippen MR) is 103 cm³/mol. The largest absolute Gasteiger partial charge is 0.346 e. The van der Waals surface area contributed by atoms with Gasteiger partial charge in [-0.05, 0) is 43.5 Å². The minimum atomic E-state index is -0.0887. The topological polar surface area (TPSA) is 83.1 Å². The molecule has 0 saturated carbocycles. The lowest BCUT2D eigenvalue weighted by Crippen LogP contribution is -2.42. The summed E-state index contributed by atoms with van der Waals surface area (Å²) in [4.78, 5) is 28.8. The highest BCUT2D eigenvalue weighted by Gasteiger charge is 2.39. The molecule has 26 heavy (non-hydrogen) atoms. The molecule has 3 N–H and O–H groups in total. The van der Waals surface area contributed by atoms with E-state index in [2.05, 4.69) is 20.9 Å². The average Bonchev–Trinajstić information content (AvgIpc) is 3.33. The molecule has 2 aromatic rings. The highest BCUT2D eigenvalue weighted by Crippen LogP contribution is 2.33. The van der Waals surface area contributed by atoms with E-state index >= 15 is 0 Å². The third kappa shape index (κ3) is 3.92. The first-order chi connectivity index (χ1) is 12.6. The van der Waals surface area contributed by atoms with Crippen molar-refractivity contribution in [3.05, 3.63) is 35.5 Å². The second-order valence-corrected chi connectivity index (χ2v) is 9.06. The fourth-order valence-electron chi connectivity index (χ4n) is 3.55. The van der Waals surface area contributed by atoms with Crippen LogP contribution < -0.4 is 16.0 Å². The number of nitrogens with one attached hydrogen (secondary N) is 3. The number of rotatable bonds is 5. The van der Waals surface area contributed by atoms with Crippen molar-refractivity contribution in [3.63, 3.8) is 0 Å². The molecule has 2 fully saturated rings. The van der Waals surface area contributed by atoms with Gasteiger partial charge in [-0.25, -0.2) is 4.98 Å². The Bertz CT molecular complexity index is 821. The van der Waals surface area contributed by atoms with Gasteiger partial charge in [-0.3, -0.25) is 9.59 Å². The zero-order valence-electron chi connectivity index (χ0n) is 14.3. The summed E-state index contributed by atoms with van der Waals surface area (Å²) in [6.45, 7) is 1.49. The first kappa shape index (κ1) is 17.5. The number of carbonyl (C=O) groups excluding carboxylic acids is 2. The summed E-state index contributed by atoms with van der Waals surface area (Å²) < 4.78 is 0.966. The van der Waals surface area contributed by atoms with Crippen LogP contribution in [0, 0.1) is 0 Å². The molecular formula is C18H20N4O2S2. The van der Waals surface area contributed by atoms with Crippen molar-refractivity contribution in [1.29, 1.82) is 0 Å². The van der Waals surface area contributed by atoms with Crippen molar-refractivity contribution < 1.29 is 9.59 Å². The molecule has 4 rings (SSSR count). The Morgan fingerprint density at radius 1 is 1.27 bits per heavy atom. The van der Waals surface area contributed by atoms with Crippen molar-refractivity contribution >= 4 is 40.6 Å². The summed E-state index contributed by atoms with van der Waals surface area (Å²) in [5.74, 6) is -0.170. The number of benzene rings is 1. The molecule has 2 bridgehead atoms. The van der Waals surface area contributed by atoms with Gasteiger partial charge in [-0.15, -0.1) is 11.3 Å². The predicted octanol–water partition coefficient (Wildman–Crippen LogP) is 2.88. The Kier molecular flexibility index (Phi) is 4.97. The van der Waals surface area contributed by atoms with Crippen molar-refractivity contribution in [1.82, 2.24) is 15.6 Å². The van der Waals surface area contributed by atoms with Gasteiger partial charge in [0.1, 0.15) is 0 Å². The summed E-state index contributed by atoms with van der Waals surface area (Å²) in [6.07, 6.45) is 5.12. The van der Waals surface area contributed by atoms with E-state index in [-0.39, 0.29) is 17.9 Å². The van der Waals surface area contributed by atoms with E-state index in [1.807, 2.05) is 24.3 Å². The lowest BCUT2D eigenvalue weighted by molar-refractivity contribution is -0.114. The molecule has 136 valence electrons. The summed E-state index contributed by atoms with van der Waals surface area (Å²) in [5.41, 5.74) is 0.769. The minimum Gasteiger partial charge on any atom is -0.346 e. The van der Waals surface area contributed by atoms with Crippen molar-refractivity contribution in [3.8, 4) is 0 Å². The van der Waals surface area contributed by atoms with Crippen LogP contribution in [0.3, 0.4) is 0 Å². The number of anilines is 1. The summed E-state index contributed by atoms with van der Waals surface area (Å²) in [5, 5.41) is 9.90. The Balaban J connectivity index is 1.35. The molecule has 0 spiro atoms. The molecule has 2 aliphatic rings. The molecule has 3 heterocycles. The Labute approximate surface area is 160 Å². The van der Waals surface area contributed by atoms with Gasteiger partial charge in [0.2, 0.25) is 5.91 Å². The Morgan fingerprint density at radius 2 is 2.08 bits per heavy atom. The number of aromatic nitrogens is 1. The fraction of sp³-hybridized carbons (Fsp3) is 0.389. The number of thiazole rings is 1. The van der Waals surface area contributed by atoms with E-state index in [1.165, 1.54) is 24.7 Å². The first-order valence-electron chi connectivity index (χ1n) is 8.65. The molecule has 2 amide bonds. The number of hydrogen-bond acceptors (Lipinski definition) is 6. The maximum Gasteiger partial charge on any atom is 0.280 e. The lowest BCUT2D eigenvalue weighted by atomic mass is 9.95. The van der Waals surface area contributed by atoms with Gasteiger partial charge < -0.3 is 16.0 Å². The quantitative estimate of drug-likeness (QED) is 0.734. The van der Waals surface area contributed by atoms with Crippen LogP contribution >= 0.6 is 23.1 Å². The number of nitrogens with zero attached hydrogens (tertiary/aromatic N) is 1. The third-order valence-corrected chi connectivity index (χ3v) is 6.79. The SMILES string of the molecule is CC(=O)Nc1ccc(Sc2cnc(C(=O)NC3CC4CCC3N4)s2)cc1. The monoisotopic (exact) mass is 388 g/mol. The lowest BCUT2D eigenvalue weighted by Gasteiger charge is -2.20. The number of amides is 2. The highest BCUT2D eigenvalue weighted by molar-refractivity contribution is 8.01. The third-order valence-electron chi connectivity index (χ3n) is 4.69. The van der Waals surface area contributed by atoms with E-state index in [9.17, 15) is 9.59 Å². The summed E-state index contributed by atoms with van der Waals surface area (Å²) >= 11 is 2.96. The molecule has 2 saturated heterocycles. The van der Waals surface area contributed by atoms with Crippen molar-refractivity contribution in [2.75, 3.05) is 5.32 Å². The van der Waals surface area contributed by atoms with Crippen LogP contribution in [0.1, 0.15) is 36.0 Å². The fourth-order valence-corrected chi connectivity index (χ4v) is 5.41. The van der Waals surface area contributed by atoms with Crippen LogP contribution in [-0.4, -0.2) is 34.9 Å². The number of hydrogen-bond donors (Lipinski definition) is 3. The molecular weight excluding hydrogens is 368 g/mol. The minimum absolute atomic E-state index is 0.0813. The van der Waals surface area contributed by atoms with Gasteiger partial charge in [0.25, 0.3) is 5.91 Å². The summed E-state index contributed by atoms with van der Waals surface area (Å²) in [7, 11) is 0. The van der Waals surface area contributed by atoms with E-state index in [1.54, 1.807) is 18.0 Å². The van der Waals surface area contributed by atoms with Crippen molar-refractivity contribution in [2.45, 2.75) is 53.4 Å². The zero-order chi connectivity index (χ0) is 18.1. The molecule has 3 atom stereocenters. The van der Waals surface area contributed by atoms with Crippen molar-refractivity contribution in [2.24, 2.45) is 0 Å². The van der Waals surface area contributed by atoms with Gasteiger partial charge in [0, 0.05) is 35.6 Å². The molecule has 0 radical (unpaired) electrons. The highest BCUT2D eigenvalue weighted by atomic mass is 32.2. The molecule has 2 aliphatic heterocycles. The van der Waals surface area contributed by atoms with Gasteiger partial charge in [0.05, 0.1) is 10.4 Å². The second-order valence-electron chi connectivity index (χ2n) is 6.66. The van der Waals surface area contributed by atoms with Gasteiger partial charge in [-0.2, -0.15) is 0 Å². The van der Waals surface area contributed by atoms with Crippen LogP contribution in [0.25, 0.3) is 0 Å². The Morgan fingerprint density at radius 3 is 2.73 bits per heavy atom. The maximum atomic E-state index is 12.4.